The van der Waals surface area contributed by atoms with E-state index < -0.39 is 15.8 Å². The Bertz CT molecular complexity index is 1090. The van der Waals surface area contributed by atoms with E-state index in [1.165, 1.54) is 19.2 Å². The Morgan fingerprint density at radius 2 is 2.04 bits per heavy atom. The molecule has 0 spiro atoms. The number of nitrogens with one attached hydrogen (secondary N) is 2. The number of aromatic nitrogens is 3. The van der Waals surface area contributed by atoms with Gasteiger partial charge in [0.25, 0.3) is 15.9 Å². The highest BCUT2D eigenvalue weighted by Crippen LogP contribution is 2.31. The third-order valence-corrected chi connectivity index (χ3v) is 5.68. The average molecular weight is 394 g/mol. The zero-order valence-corrected chi connectivity index (χ0v) is 16.1. The molecule has 8 nitrogen and oxygen atoms in total. The molecule has 0 aliphatic carbocycles. The van der Waals surface area contributed by atoms with E-state index in [2.05, 4.69) is 19.9 Å². The molecule has 0 amide bonds. The third-order valence-electron chi connectivity index (χ3n) is 4.02. The Kier molecular flexibility index (Phi) is 4.92. The van der Waals surface area contributed by atoms with Crippen LogP contribution in [0, 0.1) is 19.7 Å². The molecule has 0 atom stereocenters. The van der Waals surface area contributed by atoms with Gasteiger partial charge >= 0.3 is 0 Å². The van der Waals surface area contributed by atoms with E-state index in [0.29, 0.717) is 29.3 Å². The first-order chi connectivity index (χ1) is 12.8. The molecule has 0 fully saturated rings. The van der Waals surface area contributed by atoms with Crippen LogP contribution in [0.4, 0.5) is 10.1 Å². The predicted octanol–water partition coefficient (Wildman–Crippen LogP) is 3.19. The molecule has 0 saturated heterocycles. The number of methoxy groups -OCH3 is 1. The fourth-order valence-corrected chi connectivity index (χ4v) is 4.28. The lowest BCUT2D eigenvalue weighted by Crippen LogP contribution is -2.14. The number of sulfonamides is 1. The normalized spacial score (nSPS) is 11.6. The van der Waals surface area contributed by atoms with Crippen molar-refractivity contribution in [1.29, 1.82) is 0 Å². The summed E-state index contributed by atoms with van der Waals surface area (Å²) in [6, 6.07) is 3.82. The van der Waals surface area contributed by atoms with Crippen molar-refractivity contribution in [3.63, 3.8) is 0 Å². The first-order valence-corrected chi connectivity index (χ1v) is 9.63. The van der Waals surface area contributed by atoms with Gasteiger partial charge in [0.05, 0.1) is 12.8 Å². The van der Waals surface area contributed by atoms with E-state index in [1.54, 1.807) is 13.8 Å². The van der Waals surface area contributed by atoms with Gasteiger partial charge in [0, 0.05) is 23.7 Å². The summed E-state index contributed by atoms with van der Waals surface area (Å²) in [5, 5.41) is 7.83. The smallest absolute Gasteiger partial charge is 0.264 e. The molecule has 0 saturated carbocycles. The fourth-order valence-electron chi connectivity index (χ4n) is 2.78. The van der Waals surface area contributed by atoms with Crippen LogP contribution in [0.5, 0.6) is 5.75 Å². The lowest BCUT2D eigenvalue weighted by atomic mass is 10.2. The van der Waals surface area contributed by atoms with Crippen LogP contribution in [-0.4, -0.2) is 30.7 Å². The maximum absolute atomic E-state index is 13.9. The fraction of sp³-hybridized carbons (Fsp3) is 0.294. The Balaban J connectivity index is 1.98. The summed E-state index contributed by atoms with van der Waals surface area (Å²) in [6.45, 7) is 5.13. The van der Waals surface area contributed by atoms with Crippen molar-refractivity contribution >= 4 is 15.7 Å². The maximum Gasteiger partial charge on any atom is 0.264 e. The zero-order chi connectivity index (χ0) is 19.8. The van der Waals surface area contributed by atoms with Gasteiger partial charge in [-0.05, 0) is 26.0 Å². The molecule has 0 radical (unpaired) electrons. The summed E-state index contributed by atoms with van der Waals surface area (Å²) < 4.78 is 52.3. The first kappa shape index (κ1) is 18.9. The summed E-state index contributed by atoms with van der Waals surface area (Å²) in [4.78, 5) is 3.02. The van der Waals surface area contributed by atoms with Gasteiger partial charge in [-0.15, -0.1) is 10.2 Å². The van der Waals surface area contributed by atoms with Crippen molar-refractivity contribution in [2.24, 2.45) is 0 Å². The Morgan fingerprint density at radius 1 is 1.30 bits per heavy atom. The highest BCUT2D eigenvalue weighted by molar-refractivity contribution is 7.92. The minimum atomic E-state index is -3.98. The number of H-pyrrole nitrogens is 1. The van der Waals surface area contributed by atoms with Crippen LogP contribution in [0.3, 0.4) is 0 Å². The number of hydrogen-bond donors (Lipinski definition) is 2. The quantitative estimate of drug-likeness (QED) is 0.664. The minimum absolute atomic E-state index is 0.0253. The molecule has 3 aromatic rings. The molecule has 1 aromatic carbocycles. The van der Waals surface area contributed by atoms with E-state index >= 15 is 0 Å². The van der Waals surface area contributed by atoms with Gasteiger partial charge in [-0.25, -0.2) is 12.8 Å². The van der Waals surface area contributed by atoms with Gasteiger partial charge in [0.15, 0.2) is 11.6 Å². The largest absolute Gasteiger partial charge is 0.494 e. The molecule has 0 bridgehead atoms. The first-order valence-electron chi connectivity index (χ1n) is 8.15. The second-order valence-corrected chi connectivity index (χ2v) is 7.51. The highest BCUT2D eigenvalue weighted by atomic mass is 32.2. The predicted molar refractivity (Wildman–Crippen MR) is 96.7 cm³/mol. The summed E-state index contributed by atoms with van der Waals surface area (Å²) in [7, 11) is -2.64. The van der Waals surface area contributed by atoms with Crippen molar-refractivity contribution in [2.75, 3.05) is 11.8 Å². The summed E-state index contributed by atoms with van der Waals surface area (Å²) in [6.07, 6.45) is 0.571. The van der Waals surface area contributed by atoms with Crippen LogP contribution in [0.1, 0.15) is 24.1 Å². The average Bonchev–Trinajstić information content (AvgIpc) is 3.19. The van der Waals surface area contributed by atoms with Crippen molar-refractivity contribution < 1.29 is 22.0 Å². The molecule has 144 valence electrons. The molecule has 2 heterocycles. The van der Waals surface area contributed by atoms with Gasteiger partial charge in [-0.2, -0.15) is 0 Å². The second-order valence-electron chi connectivity index (χ2n) is 5.89. The molecule has 2 N–H and O–H groups in total. The highest BCUT2D eigenvalue weighted by Gasteiger charge is 2.27. The SMILES string of the molecule is CCc1nnc(-c2[nH]c(C)c(S(=O)(=O)Nc3ccc(OC)c(F)c3)c2C)o1. The minimum Gasteiger partial charge on any atom is -0.494 e. The Labute approximate surface area is 155 Å². The molecule has 0 aliphatic heterocycles. The van der Waals surface area contributed by atoms with Gasteiger partial charge < -0.3 is 14.1 Å². The van der Waals surface area contributed by atoms with Gasteiger partial charge in [0.1, 0.15) is 10.6 Å². The van der Waals surface area contributed by atoms with Crippen LogP contribution in [0.15, 0.2) is 27.5 Å². The monoisotopic (exact) mass is 394 g/mol. The number of aromatic amines is 1. The van der Waals surface area contributed by atoms with E-state index in [0.717, 1.165) is 6.07 Å². The summed E-state index contributed by atoms with van der Waals surface area (Å²) in [5.41, 5.74) is 1.35. The second kappa shape index (κ2) is 7.03. The van der Waals surface area contributed by atoms with Crippen molar-refractivity contribution in [2.45, 2.75) is 32.1 Å². The lowest BCUT2D eigenvalue weighted by molar-refractivity contribution is 0.386. The molecular weight excluding hydrogens is 375 g/mol. The van der Waals surface area contributed by atoms with Crippen LogP contribution < -0.4 is 9.46 Å². The number of nitrogens with zero attached hydrogens (tertiary/aromatic N) is 2. The topological polar surface area (TPSA) is 110 Å². The van der Waals surface area contributed by atoms with Crippen molar-refractivity contribution in [3.8, 4) is 17.3 Å². The zero-order valence-electron chi connectivity index (χ0n) is 15.3. The van der Waals surface area contributed by atoms with Crippen LogP contribution in [-0.2, 0) is 16.4 Å². The number of ether oxygens (including phenoxy) is 1. The molecule has 2 aromatic heterocycles. The summed E-state index contributed by atoms with van der Waals surface area (Å²) >= 11 is 0. The molecule has 0 unspecified atom stereocenters. The number of hydrogen-bond acceptors (Lipinski definition) is 6. The van der Waals surface area contributed by atoms with Gasteiger partial charge in [-0.3, -0.25) is 4.72 Å². The number of halogens is 1. The Hall–Kier alpha value is -2.88. The third kappa shape index (κ3) is 3.52. The van der Waals surface area contributed by atoms with E-state index in [9.17, 15) is 12.8 Å². The lowest BCUT2D eigenvalue weighted by Gasteiger charge is -2.10. The number of benzene rings is 1. The van der Waals surface area contributed by atoms with Gasteiger partial charge in [0.2, 0.25) is 5.89 Å². The molecular formula is C17H19FN4O4S. The van der Waals surface area contributed by atoms with Gasteiger partial charge in [-0.1, -0.05) is 6.92 Å². The standard InChI is InChI=1S/C17H19FN4O4S/c1-5-14-20-21-17(26-14)15-9(2)16(10(3)19-15)27(23,24)22-11-6-7-13(25-4)12(18)8-11/h6-8,19,22H,5H2,1-4H3. The Morgan fingerprint density at radius 3 is 2.63 bits per heavy atom. The number of aryl methyl sites for hydroxylation is 2. The summed E-state index contributed by atoms with van der Waals surface area (Å²) in [5.74, 6) is 0.0218. The van der Waals surface area contributed by atoms with Crippen molar-refractivity contribution in [1.82, 2.24) is 15.2 Å². The van der Waals surface area contributed by atoms with Crippen LogP contribution in [0.25, 0.3) is 11.6 Å². The molecule has 3 rings (SSSR count). The number of rotatable bonds is 6. The molecule has 10 heteroatoms. The van der Waals surface area contributed by atoms with Crippen LogP contribution >= 0.6 is 0 Å². The van der Waals surface area contributed by atoms with Crippen LogP contribution in [0.2, 0.25) is 0 Å². The number of anilines is 1. The van der Waals surface area contributed by atoms with E-state index in [-0.39, 0.29) is 22.2 Å². The van der Waals surface area contributed by atoms with E-state index in [1.807, 2.05) is 6.92 Å². The molecule has 27 heavy (non-hydrogen) atoms. The molecule has 0 aliphatic rings. The maximum atomic E-state index is 13.9. The van der Waals surface area contributed by atoms with E-state index in [4.69, 9.17) is 9.15 Å². The van der Waals surface area contributed by atoms with Crippen molar-refractivity contribution in [3.05, 3.63) is 41.2 Å².